The van der Waals surface area contributed by atoms with E-state index in [0.29, 0.717) is 6.66 Å². The van der Waals surface area contributed by atoms with Gasteiger partial charge in [-0.25, -0.2) is 0 Å². The SMILES string of the molecule is CCCCC1=C(CC)[C@](CCCC)(B(CC)CC)[Sn]([CH3])([CH3])[C@]1(CC)B(CC)CC. The first-order valence-electron chi connectivity index (χ1n) is 13.5. The minimum absolute atomic E-state index is 0.592. The molecule has 168 valence electrons. The minimum atomic E-state index is -2.62. The van der Waals surface area contributed by atoms with E-state index >= 15 is 0 Å². The molecule has 3 heteroatoms. The van der Waals surface area contributed by atoms with Crippen LogP contribution in [0.25, 0.3) is 0 Å². The second-order valence-corrected chi connectivity index (χ2v) is 24.8. The summed E-state index contributed by atoms with van der Waals surface area (Å²) >= 11 is -2.62. The van der Waals surface area contributed by atoms with Gasteiger partial charge in [-0.1, -0.05) is 0 Å². The summed E-state index contributed by atoms with van der Waals surface area (Å²) in [5.74, 6) is 0. The van der Waals surface area contributed by atoms with Crippen LogP contribution >= 0.6 is 0 Å². The molecule has 0 aromatic rings. The van der Waals surface area contributed by atoms with Gasteiger partial charge in [-0.2, -0.15) is 0 Å². The first-order chi connectivity index (χ1) is 13.8. The van der Waals surface area contributed by atoms with Crippen LogP contribution < -0.4 is 0 Å². The molecule has 2 atom stereocenters. The molecule has 0 N–H and O–H groups in total. The van der Waals surface area contributed by atoms with Crippen LogP contribution in [0.4, 0.5) is 0 Å². The molecule has 0 aliphatic carbocycles. The van der Waals surface area contributed by atoms with Crippen LogP contribution in [0.3, 0.4) is 0 Å². The van der Waals surface area contributed by atoms with Crippen molar-refractivity contribution in [2.75, 3.05) is 0 Å². The molecule has 0 amide bonds. The van der Waals surface area contributed by atoms with E-state index in [1.807, 2.05) is 11.1 Å². The first-order valence-corrected chi connectivity index (χ1v) is 22.1. The van der Waals surface area contributed by atoms with E-state index < -0.39 is 18.4 Å². The molecule has 0 aromatic heterocycles. The van der Waals surface area contributed by atoms with Crippen molar-refractivity contribution in [1.82, 2.24) is 0 Å². The van der Waals surface area contributed by atoms with Gasteiger partial charge in [0.05, 0.1) is 0 Å². The van der Waals surface area contributed by atoms with Crippen LogP contribution in [0.2, 0.25) is 41.8 Å². The summed E-state index contributed by atoms with van der Waals surface area (Å²) < 4.78 is 1.19. The quantitative estimate of drug-likeness (QED) is 0.162. The molecule has 0 bridgehead atoms. The average molecular weight is 507 g/mol. The number of unbranched alkanes of at least 4 members (excludes halogenated alkanes) is 2. The molecule has 1 heterocycles. The Kier molecular flexibility index (Phi) is 11.5. The summed E-state index contributed by atoms with van der Waals surface area (Å²) in [7, 11) is 0. The standard InChI is InChI=1S/C24H48B2.2CH3.Sn/c1-9-17-19-22(23(12-4)25(13-5)14-6)21(11-3)24(20-18-10-2)26(15-7)16-8;;;/h9-20H2,1-8H3;2*1H3;. The fourth-order valence-corrected chi connectivity index (χ4v) is 29.8. The van der Waals surface area contributed by atoms with Gasteiger partial charge in [0, 0.05) is 0 Å². The monoisotopic (exact) mass is 508 g/mol. The Morgan fingerprint density at radius 3 is 1.52 bits per heavy atom. The Balaban J connectivity index is 3.98. The van der Waals surface area contributed by atoms with Crippen molar-refractivity contribution in [2.45, 2.75) is 149 Å². The Morgan fingerprint density at radius 2 is 1.14 bits per heavy atom. The Bertz CT molecular complexity index is 519. The summed E-state index contributed by atoms with van der Waals surface area (Å²) in [6, 6.07) is 0. The summed E-state index contributed by atoms with van der Waals surface area (Å²) in [5, 5.41) is 0. The number of allylic oxidation sites excluding steroid dienone is 2. The van der Waals surface area contributed by atoms with Gasteiger partial charge in [-0.05, 0) is 0 Å². The van der Waals surface area contributed by atoms with Crippen molar-refractivity contribution in [1.29, 1.82) is 0 Å². The molecule has 0 saturated heterocycles. The zero-order chi connectivity index (χ0) is 22.3. The molecule has 1 aliphatic rings. The van der Waals surface area contributed by atoms with Crippen LogP contribution in [-0.2, 0) is 0 Å². The van der Waals surface area contributed by atoms with Gasteiger partial charge < -0.3 is 0 Å². The maximum atomic E-state index is 2.93. The zero-order valence-electron chi connectivity index (χ0n) is 22.1. The van der Waals surface area contributed by atoms with Crippen LogP contribution in [0.1, 0.15) is 107 Å². The second-order valence-electron chi connectivity index (χ2n) is 10.5. The van der Waals surface area contributed by atoms with Crippen LogP contribution in [0.5, 0.6) is 0 Å². The van der Waals surface area contributed by atoms with E-state index in [-0.39, 0.29) is 0 Å². The number of hydrogen-bond donors (Lipinski definition) is 0. The van der Waals surface area contributed by atoms with Crippen molar-refractivity contribution in [3.8, 4) is 0 Å². The van der Waals surface area contributed by atoms with Gasteiger partial charge in [0.15, 0.2) is 0 Å². The van der Waals surface area contributed by atoms with E-state index in [0.717, 1.165) is 13.4 Å². The molecule has 0 saturated carbocycles. The molecule has 0 unspecified atom stereocenters. The van der Waals surface area contributed by atoms with Crippen molar-refractivity contribution < 1.29 is 0 Å². The topological polar surface area (TPSA) is 0 Å². The summed E-state index contributed by atoms with van der Waals surface area (Å²) in [6.07, 6.45) is 16.7. The van der Waals surface area contributed by atoms with Gasteiger partial charge in [0.25, 0.3) is 0 Å². The van der Waals surface area contributed by atoms with E-state index in [4.69, 9.17) is 0 Å². The third-order valence-corrected chi connectivity index (χ3v) is 28.2. The molecule has 1 rings (SSSR count). The van der Waals surface area contributed by atoms with Crippen LogP contribution in [-0.4, -0.2) is 31.8 Å². The molecule has 29 heavy (non-hydrogen) atoms. The van der Waals surface area contributed by atoms with Crippen LogP contribution in [0, 0.1) is 0 Å². The molecule has 0 fully saturated rings. The van der Waals surface area contributed by atoms with Crippen molar-refractivity contribution in [3.63, 3.8) is 0 Å². The first kappa shape index (κ1) is 27.7. The van der Waals surface area contributed by atoms with E-state index in [2.05, 4.69) is 65.3 Å². The van der Waals surface area contributed by atoms with E-state index in [1.54, 1.807) is 0 Å². The predicted molar refractivity (Wildman–Crippen MR) is 143 cm³/mol. The Morgan fingerprint density at radius 1 is 0.655 bits per heavy atom. The fraction of sp³-hybridized carbons (Fsp3) is 0.923. The van der Waals surface area contributed by atoms with Gasteiger partial charge in [0.2, 0.25) is 0 Å². The zero-order valence-corrected chi connectivity index (χ0v) is 25.0. The van der Waals surface area contributed by atoms with Gasteiger partial charge >= 0.3 is 192 Å². The van der Waals surface area contributed by atoms with Gasteiger partial charge in [0.1, 0.15) is 0 Å². The third-order valence-electron chi connectivity index (χ3n) is 9.65. The molecule has 0 nitrogen and oxygen atoms in total. The van der Waals surface area contributed by atoms with Crippen molar-refractivity contribution >= 4 is 31.8 Å². The van der Waals surface area contributed by atoms with E-state index in [9.17, 15) is 0 Å². The Labute approximate surface area is 190 Å². The summed E-state index contributed by atoms with van der Waals surface area (Å²) in [6.45, 7) is 21.7. The maximum absolute atomic E-state index is 2.93. The molecular weight excluding hydrogens is 453 g/mol. The number of hydrogen-bond acceptors (Lipinski definition) is 0. The van der Waals surface area contributed by atoms with E-state index in [1.165, 1.54) is 76.6 Å². The molecule has 0 aromatic carbocycles. The van der Waals surface area contributed by atoms with Gasteiger partial charge in [-0.15, -0.1) is 0 Å². The predicted octanol–water partition coefficient (Wildman–Crippen LogP) is 9.83. The van der Waals surface area contributed by atoms with Crippen molar-refractivity contribution in [3.05, 3.63) is 11.1 Å². The molecule has 1 aliphatic heterocycles. The molecule has 0 spiro atoms. The number of rotatable bonds is 14. The Hall–Kier alpha value is 0.669. The normalized spacial score (nSPS) is 26.3. The van der Waals surface area contributed by atoms with Crippen LogP contribution in [0.15, 0.2) is 11.1 Å². The average Bonchev–Trinajstić information content (AvgIpc) is 2.88. The summed E-state index contributed by atoms with van der Waals surface area (Å²) in [5.41, 5.74) is 4.05. The molecule has 0 radical (unpaired) electrons. The summed E-state index contributed by atoms with van der Waals surface area (Å²) in [4.78, 5) is 5.86. The second kappa shape index (κ2) is 12.1. The fourth-order valence-electron chi connectivity index (χ4n) is 8.50. The molecular formula is C26H54B2Sn. The van der Waals surface area contributed by atoms with Crippen molar-refractivity contribution in [2.24, 2.45) is 0 Å². The third kappa shape index (κ3) is 4.32. The van der Waals surface area contributed by atoms with Gasteiger partial charge in [-0.3, -0.25) is 0 Å².